The summed E-state index contributed by atoms with van der Waals surface area (Å²) in [4.78, 5) is 24.1. The maximum absolute atomic E-state index is 12.8. The molecule has 0 aliphatic carbocycles. The maximum Gasteiger partial charge on any atom is 0.321 e. The zero-order valence-corrected chi connectivity index (χ0v) is 20.9. The summed E-state index contributed by atoms with van der Waals surface area (Å²) in [6.07, 6.45) is 0.896. The Morgan fingerprint density at radius 2 is 1.64 bits per heavy atom. The minimum Gasteiger partial charge on any atom is -0.480 e. The van der Waals surface area contributed by atoms with E-state index in [1.54, 1.807) is 24.3 Å². The van der Waals surface area contributed by atoms with Crippen LogP contribution in [0.4, 0.5) is 5.69 Å². The number of halogens is 1. The molecule has 0 aromatic heterocycles. The molecular formula is C26H26ClN3O5S. The zero-order valence-electron chi connectivity index (χ0n) is 19.3. The highest BCUT2D eigenvalue weighted by atomic mass is 35.5. The molecule has 36 heavy (non-hydrogen) atoms. The summed E-state index contributed by atoms with van der Waals surface area (Å²) < 4.78 is 27.8. The number of carboxylic acid groups (broad SMARTS) is 1. The monoisotopic (exact) mass is 527 g/mol. The predicted molar refractivity (Wildman–Crippen MR) is 138 cm³/mol. The molecule has 0 saturated heterocycles. The van der Waals surface area contributed by atoms with Gasteiger partial charge in [0.05, 0.1) is 4.90 Å². The highest BCUT2D eigenvalue weighted by Crippen LogP contribution is 2.25. The van der Waals surface area contributed by atoms with Gasteiger partial charge in [0.2, 0.25) is 15.9 Å². The number of carbonyl (C=O) groups excluding carboxylic acids is 1. The number of rotatable bonds is 10. The fraction of sp³-hybridized carbons (Fsp3) is 0.231. The molecule has 0 saturated carbocycles. The lowest BCUT2D eigenvalue weighted by atomic mass is 10.1. The van der Waals surface area contributed by atoms with Gasteiger partial charge in [0, 0.05) is 23.7 Å². The van der Waals surface area contributed by atoms with Crippen LogP contribution >= 0.6 is 11.6 Å². The van der Waals surface area contributed by atoms with E-state index in [0.717, 1.165) is 22.4 Å². The normalized spacial score (nSPS) is 15.5. The number of aliphatic carboxylic acids is 1. The van der Waals surface area contributed by atoms with E-state index < -0.39 is 22.0 Å². The van der Waals surface area contributed by atoms with Crippen molar-refractivity contribution in [2.45, 2.75) is 36.2 Å². The number of nitrogens with one attached hydrogen (secondary N) is 3. The van der Waals surface area contributed by atoms with Gasteiger partial charge in [0.25, 0.3) is 0 Å². The van der Waals surface area contributed by atoms with Crippen LogP contribution in [0.3, 0.4) is 0 Å². The summed E-state index contributed by atoms with van der Waals surface area (Å²) in [6.45, 7) is 0.231. The number of hydrogen-bond donors (Lipinski definition) is 4. The Morgan fingerprint density at radius 3 is 2.28 bits per heavy atom. The Balaban J connectivity index is 1.29. The number of amides is 1. The lowest BCUT2D eigenvalue weighted by Crippen LogP contribution is -2.42. The molecule has 1 aliphatic heterocycles. The quantitative estimate of drug-likeness (QED) is 0.298. The van der Waals surface area contributed by atoms with Crippen LogP contribution in [0.2, 0.25) is 5.02 Å². The van der Waals surface area contributed by atoms with Crippen molar-refractivity contribution in [2.24, 2.45) is 0 Å². The second-order valence-corrected chi connectivity index (χ2v) is 10.7. The third-order valence-electron chi connectivity index (χ3n) is 5.99. The number of benzene rings is 3. The van der Waals surface area contributed by atoms with Crippen molar-refractivity contribution in [3.63, 3.8) is 0 Å². The first kappa shape index (κ1) is 25.7. The smallest absolute Gasteiger partial charge is 0.321 e. The summed E-state index contributed by atoms with van der Waals surface area (Å²) in [5, 5.41) is 16.1. The van der Waals surface area contributed by atoms with Crippen LogP contribution in [0.5, 0.6) is 0 Å². The van der Waals surface area contributed by atoms with Gasteiger partial charge < -0.3 is 15.7 Å². The molecule has 0 spiro atoms. The Hall–Kier alpha value is -3.40. The van der Waals surface area contributed by atoms with E-state index in [1.165, 1.54) is 12.1 Å². The van der Waals surface area contributed by atoms with Gasteiger partial charge in [-0.2, -0.15) is 4.72 Å². The van der Waals surface area contributed by atoms with E-state index in [2.05, 4.69) is 15.4 Å². The minimum atomic E-state index is -4.06. The first-order valence-corrected chi connectivity index (χ1v) is 13.3. The Labute approximate surface area is 214 Å². The molecule has 8 nitrogen and oxygen atoms in total. The van der Waals surface area contributed by atoms with Crippen molar-refractivity contribution in [2.75, 3.05) is 11.9 Å². The molecule has 0 radical (unpaired) electrons. The van der Waals surface area contributed by atoms with Gasteiger partial charge in [-0.15, -0.1) is 0 Å². The third kappa shape index (κ3) is 6.23. The molecule has 4 rings (SSSR count). The van der Waals surface area contributed by atoms with Crippen LogP contribution in [0.1, 0.15) is 18.4 Å². The second-order valence-electron chi connectivity index (χ2n) is 8.53. The van der Waals surface area contributed by atoms with Crippen molar-refractivity contribution < 1.29 is 23.1 Å². The maximum atomic E-state index is 12.8. The van der Waals surface area contributed by atoms with Gasteiger partial charge in [-0.25, -0.2) is 8.42 Å². The second kappa shape index (κ2) is 11.1. The summed E-state index contributed by atoms with van der Waals surface area (Å²) in [5.41, 5.74) is 3.67. The highest BCUT2D eigenvalue weighted by Gasteiger charge is 2.27. The number of para-hydroxylation sites is 1. The zero-order chi connectivity index (χ0) is 25.7. The van der Waals surface area contributed by atoms with Crippen molar-refractivity contribution in [1.29, 1.82) is 0 Å². The van der Waals surface area contributed by atoms with E-state index in [9.17, 15) is 23.1 Å². The molecule has 0 bridgehead atoms. The summed E-state index contributed by atoms with van der Waals surface area (Å²) in [7, 11) is -4.06. The molecule has 3 aromatic rings. The van der Waals surface area contributed by atoms with Gasteiger partial charge in [-0.1, -0.05) is 54.1 Å². The van der Waals surface area contributed by atoms with Crippen LogP contribution < -0.4 is 15.4 Å². The van der Waals surface area contributed by atoms with E-state index in [4.69, 9.17) is 11.6 Å². The number of hydrogen-bond acceptors (Lipinski definition) is 5. The first-order valence-electron chi connectivity index (χ1n) is 11.5. The summed E-state index contributed by atoms with van der Waals surface area (Å²) in [6, 6.07) is 19.3. The van der Waals surface area contributed by atoms with Crippen LogP contribution in [0, 0.1) is 0 Å². The lowest BCUT2D eigenvalue weighted by Gasteiger charge is -2.16. The van der Waals surface area contributed by atoms with E-state index >= 15 is 0 Å². The van der Waals surface area contributed by atoms with Gasteiger partial charge >= 0.3 is 5.97 Å². The molecule has 10 heteroatoms. The van der Waals surface area contributed by atoms with Gasteiger partial charge in [-0.05, 0) is 59.9 Å². The largest absolute Gasteiger partial charge is 0.480 e. The first-order chi connectivity index (χ1) is 17.2. The van der Waals surface area contributed by atoms with Gasteiger partial charge in [0.15, 0.2) is 0 Å². The topological polar surface area (TPSA) is 125 Å². The number of sulfonamides is 1. The molecule has 3 aromatic carbocycles. The van der Waals surface area contributed by atoms with E-state index in [1.807, 2.05) is 36.4 Å². The number of anilines is 1. The van der Waals surface area contributed by atoms with Crippen molar-refractivity contribution in [1.82, 2.24) is 10.0 Å². The third-order valence-corrected chi connectivity index (χ3v) is 7.73. The molecule has 1 aliphatic rings. The fourth-order valence-corrected chi connectivity index (χ4v) is 5.40. The number of carboxylic acids is 1. The standard InChI is InChI=1S/C26H26ClN3O5S/c27-20-11-7-17(8-12-20)18-9-13-21(14-10-18)36(34,35)30-23(26(32)33)6-3-15-28-25(31)24-16-19-4-1-2-5-22(19)29-24/h1-2,4-5,7-14,23-24,29-30H,3,6,15-16H2,(H,28,31)(H,32,33). The molecule has 2 unspecified atom stereocenters. The van der Waals surface area contributed by atoms with E-state index in [-0.39, 0.29) is 29.8 Å². The molecule has 1 heterocycles. The van der Waals surface area contributed by atoms with Crippen molar-refractivity contribution in [3.05, 3.63) is 83.4 Å². The Morgan fingerprint density at radius 1 is 1.00 bits per heavy atom. The fourth-order valence-electron chi connectivity index (χ4n) is 4.05. The highest BCUT2D eigenvalue weighted by molar-refractivity contribution is 7.89. The average Bonchev–Trinajstić information content (AvgIpc) is 3.31. The van der Waals surface area contributed by atoms with E-state index in [0.29, 0.717) is 17.9 Å². The number of fused-ring (bicyclic) bond motifs is 1. The molecule has 1 amide bonds. The summed E-state index contributed by atoms with van der Waals surface area (Å²) in [5.74, 6) is -1.46. The molecular weight excluding hydrogens is 502 g/mol. The molecule has 188 valence electrons. The van der Waals surface area contributed by atoms with Crippen LogP contribution in [-0.4, -0.2) is 44.0 Å². The van der Waals surface area contributed by atoms with Crippen LogP contribution in [-0.2, 0) is 26.0 Å². The predicted octanol–water partition coefficient (Wildman–Crippen LogP) is 3.67. The summed E-state index contributed by atoms with van der Waals surface area (Å²) >= 11 is 5.91. The number of carbonyl (C=O) groups is 2. The molecule has 0 fully saturated rings. The van der Waals surface area contributed by atoms with Crippen molar-refractivity contribution >= 4 is 39.2 Å². The van der Waals surface area contributed by atoms with Crippen LogP contribution in [0.25, 0.3) is 11.1 Å². The Bertz CT molecular complexity index is 1320. The Kier molecular flexibility index (Phi) is 7.93. The SMILES string of the molecule is O=C(O)C(CCCNC(=O)C1Cc2ccccc2N1)NS(=O)(=O)c1ccc(-c2ccc(Cl)cc2)cc1. The molecule has 4 N–H and O–H groups in total. The van der Waals surface area contributed by atoms with Gasteiger partial charge in [-0.3, -0.25) is 9.59 Å². The van der Waals surface area contributed by atoms with Crippen LogP contribution in [0.15, 0.2) is 77.7 Å². The minimum absolute atomic E-state index is 0.0238. The van der Waals surface area contributed by atoms with Gasteiger partial charge in [0.1, 0.15) is 12.1 Å². The molecule has 2 atom stereocenters. The average molecular weight is 528 g/mol. The lowest BCUT2D eigenvalue weighted by molar-refractivity contribution is -0.139. The van der Waals surface area contributed by atoms with Crippen molar-refractivity contribution in [3.8, 4) is 11.1 Å².